The van der Waals surface area contributed by atoms with E-state index < -0.39 is 0 Å². The molecule has 0 aliphatic carbocycles. The molecular formula is C13H13NO2S. The monoisotopic (exact) mass is 247 g/mol. The van der Waals surface area contributed by atoms with E-state index >= 15 is 0 Å². The molecule has 3 nitrogen and oxygen atoms in total. The molecular weight excluding hydrogens is 234 g/mol. The summed E-state index contributed by atoms with van der Waals surface area (Å²) in [6.45, 7) is 1.57. The molecule has 0 spiro atoms. The van der Waals surface area contributed by atoms with E-state index in [2.05, 4.69) is 4.98 Å². The third kappa shape index (κ3) is 2.91. The van der Waals surface area contributed by atoms with Gasteiger partial charge in [-0.1, -0.05) is 12.1 Å². The molecule has 0 bridgehead atoms. The van der Waals surface area contributed by atoms with E-state index in [1.807, 2.05) is 29.6 Å². The Hall–Kier alpha value is -1.68. The van der Waals surface area contributed by atoms with Crippen molar-refractivity contribution < 1.29 is 9.53 Å². The van der Waals surface area contributed by atoms with Gasteiger partial charge in [0.15, 0.2) is 0 Å². The number of carbonyl (C=O) groups is 1. The molecule has 4 heteroatoms. The van der Waals surface area contributed by atoms with Crippen LogP contribution in [0.15, 0.2) is 29.6 Å². The van der Waals surface area contributed by atoms with Crippen LogP contribution in [-0.2, 0) is 11.2 Å². The van der Waals surface area contributed by atoms with Crippen LogP contribution in [0.4, 0.5) is 0 Å². The summed E-state index contributed by atoms with van der Waals surface area (Å²) in [6, 6.07) is 7.75. The van der Waals surface area contributed by atoms with E-state index in [0.717, 1.165) is 22.0 Å². The van der Waals surface area contributed by atoms with E-state index in [-0.39, 0.29) is 5.78 Å². The van der Waals surface area contributed by atoms with Crippen LogP contribution in [0, 0.1) is 0 Å². The Balaban J connectivity index is 2.26. The van der Waals surface area contributed by atoms with Crippen LogP contribution in [0.1, 0.15) is 12.6 Å². The first-order valence-electron chi connectivity index (χ1n) is 5.27. The lowest BCUT2D eigenvalue weighted by Crippen LogP contribution is -1.96. The maximum atomic E-state index is 11.0. The highest BCUT2D eigenvalue weighted by molar-refractivity contribution is 7.13. The molecule has 0 fully saturated rings. The smallest absolute Gasteiger partial charge is 0.135 e. The number of hydrogen-bond donors (Lipinski definition) is 0. The maximum absolute atomic E-state index is 11.0. The van der Waals surface area contributed by atoms with Crippen molar-refractivity contribution in [2.45, 2.75) is 13.3 Å². The van der Waals surface area contributed by atoms with Gasteiger partial charge in [0.2, 0.25) is 0 Å². The number of methoxy groups -OCH3 is 1. The summed E-state index contributed by atoms with van der Waals surface area (Å²) < 4.78 is 5.17. The Morgan fingerprint density at radius 3 is 3.00 bits per heavy atom. The summed E-state index contributed by atoms with van der Waals surface area (Å²) in [7, 11) is 1.64. The highest BCUT2D eigenvalue weighted by Crippen LogP contribution is 2.26. The molecule has 17 heavy (non-hydrogen) atoms. The zero-order valence-electron chi connectivity index (χ0n) is 9.77. The lowest BCUT2D eigenvalue weighted by molar-refractivity contribution is -0.116. The second-order valence-corrected chi connectivity index (χ2v) is 4.61. The first-order chi connectivity index (χ1) is 8.19. The van der Waals surface area contributed by atoms with Crippen molar-refractivity contribution in [3.63, 3.8) is 0 Å². The van der Waals surface area contributed by atoms with Gasteiger partial charge in [0, 0.05) is 17.4 Å². The Morgan fingerprint density at radius 1 is 1.47 bits per heavy atom. The normalized spacial score (nSPS) is 10.2. The maximum Gasteiger partial charge on any atom is 0.135 e. The van der Waals surface area contributed by atoms with Crippen LogP contribution >= 0.6 is 11.3 Å². The molecule has 0 aliphatic rings. The van der Waals surface area contributed by atoms with Crippen LogP contribution in [-0.4, -0.2) is 17.9 Å². The van der Waals surface area contributed by atoms with Crippen molar-refractivity contribution in [1.82, 2.24) is 4.98 Å². The quantitative estimate of drug-likeness (QED) is 0.833. The lowest BCUT2D eigenvalue weighted by atomic mass is 10.2. The van der Waals surface area contributed by atoms with Crippen molar-refractivity contribution >= 4 is 17.1 Å². The zero-order chi connectivity index (χ0) is 12.3. The summed E-state index contributed by atoms with van der Waals surface area (Å²) in [5.41, 5.74) is 1.85. The molecule has 2 rings (SSSR count). The van der Waals surface area contributed by atoms with Gasteiger partial charge in [-0.3, -0.25) is 4.79 Å². The van der Waals surface area contributed by atoms with Crippen LogP contribution < -0.4 is 4.74 Å². The first-order valence-corrected chi connectivity index (χ1v) is 6.15. The van der Waals surface area contributed by atoms with E-state index in [1.54, 1.807) is 25.4 Å². The predicted octanol–water partition coefficient (Wildman–Crippen LogP) is 2.95. The SMILES string of the molecule is COc1cccc(-c2nc(CC(C)=O)cs2)c1. The van der Waals surface area contributed by atoms with Crippen molar-refractivity contribution in [3.8, 4) is 16.3 Å². The van der Waals surface area contributed by atoms with E-state index in [9.17, 15) is 4.79 Å². The van der Waals surface area contributed by atoms with Crippen molar-refractivity contribution in [3.05, 3.63) is 35.3 Å². The van der Waals surface area contributed by atoms with Crippen molar-refractivity contribution in [2.24, 2.45) is 0 Å². The molecule has 0 N–H and O–H groups in total. The summed E-state index contributed by atoms with van der Waals surface area (Å²) in [4.78, 5) is 15.4. The third-order valence-electron chi connectivity index (χ3n) is 2.30. The second kappa shape index (κ2) is 5.10. The van der Waals surface area contributed by atoms with Crippen LogP contribution in [0.3, 0.4) is 0 Å². The highest BCUT2D eigenvalue weighted by atomic mass is 32.1. The van der Waals surface area contributed by atoms with Gasteiger partial charge in [-0.05, 0) is 19.1 Å². The minimum absolute atomic E-state index is 0.132. The van der Waals surface area contributed by atoms with Crippen molar-refractivity contribution in [1.29, 1.82) is 0 Å². The van der Waals surface area contributed by atoms with Gasteiger partial charge in [0.25, 0.3) is 0 Å². The number of nitrogens with zero attached hydrogens (tertiary/aromatic N) is 1. The topological polar surface area (TPSA) is 39.2 Å². The number of ketones is 1. The zero-order valence-corrected chi connectivity index (χ0v) is 10.6. The van der Waals surface area contributed by atoms with Crippen LogP contribution in [0.2, 0.25) is 0 Å². The third-order valence-corrected chi connectivity index (χ3v) is 3.24. The van der Waals surface area contributed by atoms with Gasteiger partial charge in [0.1, 0.15) is 16.5 Å². The van der Waals surface area contributed by atoms with E-state index in [4.69, 9.17) is 4.74 Å². The molecule has 0 aliphatic heterocycles. The first kappa shape index (κ1) is 11.8. The molecule has 1 aromatic heterocycles. The number of hydrogen-bond acceptors (Lipinski definition) is 4. The molecule has 0 amide bonds. The average Bonchev–Trinajstić information content (AvgIpc) is 2.77. The molecule has 2 aromatic rings. The molecule has 88 valence electrons. The predicted molar refractivity (Wildman–Crippen MR) is 68.5 cm³/mol. The fraction of sp³-hybridized carbons (Fsp3) is 0.231. The number of ether oxygens (including phenoxy) is 1. The van der Waals surface area contributed by atoms with Gasteiger partial charge in [-0.2, -0.15) is 0 Å². The summed E-state index contributed by atoms with van der Waals surface area (Å²) in [5, 5.41) is 2.84. The number of aromatic nitrogens is 1. The molecule has 1 aromatic carbocycles. The standard InChI is InChI=1S/C13H13NO2S/c1-9(15)6-11-8-17-13(14-11)10-4-3-5-12(7-10)16-2/h3-5,7-8H,6H2,1-2H3. The highest BCUT2D eigenvalue weighted by Gasteiger charge is 2.07. The van der Waals surface area contributed by atoms with Gasteiger partial charge >= 0.3 is 0 Å². The molecule has 0 atom stereocenters. The molecule has 0 unspecified atom stereocenters. The second-order valence-electron chi connectivity index (χ2n) is 3.75. The number of carbonyl (C=O) groups excluding carboxylic acids is 1. The van der Waals surface area contributed by atoms with Gasteiger partial charge < -0.3 is 4.74 Å². The number of rotatable bonds is 4. The Morgan fingerprint density at radius 2 is 2.29 bits per heavy atom. The Bertz CT molecular complexity index is 534. The Labute approximate surface area is 104 Å². The van der Waals surface area contributed by atoms with E-state index in [1.165, 1.54) is 0 Å². The lowest BCUT2D eigenvalue weighted by Gasteiger charge is -2.01. The minimum Gasteiger partial charge on any atom is -0.497 e. The molecule has 0 saturated carbocycles. The van der Waals surface area contributed by atoms with Crippen LogP contribution in [0.25, 0.3) is 10.6 Å². The van der Waals surface area contributed by atoms with Gasteiger partial charge in [-0.25, -0.2) is 4.98 Å². The van der Waals surface area contributed by atoms with Gasteiger partial charge in [0.05, 0.1) is 12.8 Å². The van der Waals surface area contributed by atoms with Crippen molar-refractivity contribution in [2.75, 3.05) is 7.11 Å². The molecule has 0 radical (unpaired) electrons. The number of Topliss-reactive ketones (excluding diaryl/α,β-unsaturated/α-hetero) is 1. The number of benzene rings is 1. The largest absolute Gasteiger partial charge is 0.497 e. The summed E-state index contributed by atoms with van der Waals surface area (Å²) in [6.07, 6.45) is 0.403. The molecule has 0 saturated heterocycles. The van der Waals surface area contributed by atoms with Gasteiger partial charge in [-0.15, -0.1) is 11.3 Å². The fourth-order valence-electron chi connectivity index (χ4n) is 1.53. The van der Waals surface area contributed by atoms with E-state index in [0.29, 0.717) is 6.42 Å². The summed E-state index contributed by atoms with van der Waals surface area (Å²) in [5.74, 6) is 0.943. The molecule has 1 heterocycles. The minimum atomic E-state index is 0.132. The number of thiazole rings is 1. The average molecular weight is 247 g/mol. The van der Waals surface area contributed by atoms with Crippen LogP contribution in [0.5, 0.6) is 5.75 Å². The fourth-order valence-corrected chi connectivity index (χ4v) is 2.35. The Kier molecular flexibility index (Phi) is 3.54. The summed E-state index contributed by atoms with van der Waals surface area (Å²) >= 11 is 1.54.